The fourth-order valence-electron chi connectivity index (χ4n) is 1.95. The lowest BCUT2D eigenvalue weighted by molar-refractivity contribution is -0.124. The number of carbonyl (C=O) groups excluding carboxylic acids is 1. The van der Waals surface area contributed by atoms with E-state index < -0.39 is 16.1 Å². The van der Waals surface area contributed by atoms with E-state index in [9.17, 15) is 13.2 Å². The van der Waals surface area contributed by atoms with E-state index >= 15 is 0 Å². The van der Waals surface area contributed by atoms with Crippen LogP contribution in [0.4, 0.5) is 0 Å². The Morgan fingerprint density at radius 3 is 2.27 bits per heavy atom. The molecule has 0 saturated carbocycles. The average Bonchev–Trinajstić information content (AvgIpc) is 2.45. The van der Waals surface area contributed by atoms with Crippen LogP contribution in [0.5, 0.6) is 0 Å². The monoisotopic (exact) mass is 328 g/mol. The van der Waals surface area contributed by atoms with E-state index in [0.29, 0.717) is 6.61 Å². The van der Waals surface area contributed by atoms with Crippen LogP contribution in [0, 0.1) is 5.92 Å². The van der Waals surface area contributed by atoms with Crippen molar-refractivity contribution in [2.24, 2.45) is 5.92 Å². The fraction of sp³-hybridized carbons (Fsp3) is 0.533. The van der Waals surface area contributed by atoms with Crippen molar-refractivity contribution in [3.63, 3.8) is 0 Å². The van der Waals surface area contributed by atoms with Gasteiger partial charge in [-0.05, 0) is 25.0 Å². The number of ether oxygens (including phenoxy) is 1. The summed E-state index contributed by atoms with van der Waals surface area (Å²) < 4.78 is 32.1. The van der Waals surface area contributed by atoms with Gasteiger partial charge >= 0.3 is 0 Å². The molecule has 0 aliphatic heterocycles. The molecule has 0 aliphatic carbocycles. The summed E-state index contributed by atoms with van der Waals surface area (Å²) in [5, 5.41) is 2.75. The first-order valence-corrected chi connectivity index (χ1v) is 8.63. The Morgan fingerprint density at radius 1 is 1.18 bits per heavy atom. The molecule has 0 spiro atoms. The lowest BCUT2D eigenvalue weighted by Crippen LogP contribution is -2.52. The van der Waals surface area contributed by atoms with Gasteiger partial charge in [0.1, 0.15) is 6.04 Å². The van der Waals surface area contributed by atoms with Crippen molar-refractivity contribution in [3.8, 4) is 0 Å². The van der Waals surface area contributed by atoms with Crippen molar-refractivity contribution >= 4 is 15.9 Å². The lowest BCUT2D eigenvalue weighted by atomic mass is 10.0. The Hall–Kier alpha value is -1.44. The number of sulfonamides is 1. The van der Waals surface area contributed by atoms with Crippen LogP contribution in [-0.4, -0.2) is 40.1 Å². The molecule has 6 nitrogen and oxygen atoms in total. The number of amides is 1. The van der Waals surface area contributed by atoms with Gasteiger partial charge in [0.25, 0.3) is 0 Å². The third kappa shape index (κ3) is 5.40. The minimum Gasteiger partial charge on any atom is -0.383 e. The molecule has 0 saturated heterocycles. The highest BCUT2D eigenvalue weighted by atomic mass is 32.2. The molecule has 0 aliphatic rings. The standard InChI is InChI=1S/C15H24N2O4S/c1-11(2)14(15(18)16-12(3)10-21-4)17-22(19,20)13-8-6-5-7-9-13/h5-9,11-12,14,17H,10H2,1-4H3,(H,16,18)/t12?,14-/m0/s1. The Morgan fingerprint density at radius 2 is 1.77 bits per heavy atom. The van der Waals surface area contributed by atoms with Crippen LogP contribution in [0.1, 0.15) is 20.8 Å². The molecule has 22 heavy (non-hydrogen) atoms. The second-order valence-electron chi connectivity index (χ2n) is 5.52. The van der Waals surface area contributed by atoms with E-state index in [2.05, 4.69) is 10.0 Å². The van der Waals surface area contributed by atoms with Crippen LogP contribution in [0.3, 0.4) is 0 Å². The molecule has 7 heteroatoms. The molecule has 0 radical (unpaired) electrons. The summed E-state index contributed by atoms with van der Waals surface area (Å²) in [5.41, 5.74) is 0. The first-order chi connectivity index (χ1) is 10.3. The highest BCUT2D eigenvalue weighted by Gasteiger charge is 2.28. The maximum Gasteiger partial charge on any atom is 0.241 e. The van der Waals surface area contributed by atoms with Crippen LogP contribution in [0.25, 0.3) is 0 Å². The molecule has 0 heterocycles. The molecular weight excluding hydrogens is 304 g/mol. The summed E-state index contributed by atoms with van der Waals surface area (Å²) in [4.78, 5) is 12.4. The highest BCUT2D eigenvalue weighted by Crippen LogP contribution is 2.11. The molecule has 124 valence electrons. The zero-order chi connectivity index (χ0) is 16.8. The molecule has 0 bridgehead atoms. The van der Waals surface area contributed by atoms with Gasteiger partial charge < -0.3 is 10.1 Å². The minimum absolute atomic E-state index is 0.137. The highest BCUT2D eigenvalue weighted by molar-refractivity contribution is 7.89. The van der Waals surface area contributed by atoms with Crippen molar-refractivity contribution < 1.29 is 17.9 Å². The number of carbonyl (C=O) groups is 1. The van der Waals surface area contributed by atoms with Gasteiger partial charge in [0, 0.05) is 13.2 Å². The van der Waals surface area contributed by atoms with E-state index in [0.717, 1.165) is 0 Å². The molecule has 1 rings (SSSR count). The summed E-state index contributed by atoms with van der Waals surface area (Å²) in [6, 6.07) is 6.96. The molecule has 1 amide bonds. The third-order valence-corrected chi connectivity index (χ3v) is 4.55. The number of nitrogens with one attached hydrogen (secondary N) is 2. The minimum atomic E-state index is -3.74. The third-order valence-electron chi connectivity index (χ3n) is 3.09. The topological polar surface area (TPSA) is 84.5 Å². The molecule has 0 aromatic heterocycles. The maximum absolute atomic E-state index is 12.3. The van der Waals surface area contributed by atoms with E-state index in [1.165, 1.54) is 12.1 Å². The number of rotatable bonds is 8. The van der Waals surface area contributed by atoms with Gasteiger partial charge in [-0.2, -0.15) is 4.72 Å². The number of hydrogen-bond acceptors (Lipinski definition) is 4. The fourth-order valence-corrected chi connectivity index (χ4v) is 3.32. The zero-order valence-electron chi connectivity index (χ0n) is 13.4. The summed E-state index contributed by atoms with van der Waals surface area (Å²) in [7, 11) is -2.20. The summed E-state index contributed by atoms with van der Waals surface area (Å²) in [6.45, 7) is 5.74. The molecule has 1 aromatic carbocycles. The van der Waals surface area contributed by atoms with Crippen molar-refractivity contribution in [1.29, 1.82) is 0 Å². The van der Waals surface area contributed by atoms with Gasteiger partial charge in [-0.1, -0.05) is 32.0 Å². The zero-order valence-corrected chi connectivity index (χ0v) is 14.2. The van der Waals surface area contributed by atoms with Crippen LogP contribution in [0.15, 0.2) is 35.2 Å². The first kappa shape index (κ1) is 18.6. The van der Waals surface area contributed by atoms with Gasteiger partial charge in [0.2, 0.25) is 15.9 Å². The van der Waals surface area contributed by atoms with Gasteiger partial charge in [-0.3, -0.25) is 4.79 Å². The first-order valence-electron chi connectivity index (χ1n) is 7.14. The van der Waals surface area contributed by atoms with Crippen LogP contribution >= 0.6 is 0 Å². The Bertz CT molecular complexity index is 572. The summed E-state index contributed by atoms with van der Waals surface area (Å²) in [6.07, 6.45) is 0. The Labute approximate surface area is 132 Å². The molecule has 2 N–H and O–H groups in total. The molecule has 1 aromatic rings. The molecule has 2 atom stereocenters. The van der Waals surface area contributed by atoms with Gasteiger partial charge in [0.15, 0.2) is 0 Å². The van der Waals surface area contributed by atoms with Crippen LogP contribution in [0.2, 0.25) is 0 Å². The van der Waals surface area contributed by atoms with Gasteiger partial charge in [-0.15, -0.1) is 0 Å². The van der Waals surface area contributed by atoms with Crippen LogP contribution < -0.4 is 10.0 Å². The lowest BCUT2D eigenvalue weighted by Gasteiger charge is -2.23. The van der Waals surface area contributed by atoms with Gasteiger partial charge in [0.05, 0.1) is 11.5 Å². The predicted molar refractivity (Wildman–Crippen MR) is 84.9 cm³/mol. The van der Waals surface area contributed by atoms with Crippen LogP contribution in [-0.2, 0) is 19.6 Å². The van der Waals surface area contributed by atoms with E-state index in [-0.39, 0.29) is 22.8 Å². The SMILES string of the molecule is COCC(C)NC(=O)[C@@H](NS(=O)(=O)c1ccccc1)C(C)C. The second-order valence-corrected chi connectivity index (χ2v) is 7.23. The van der Waals surface area contributed by atoms with E-state index in [1.54, 1.807) is 46.1 Å². The Balaban J connectivity index is 2.86. The number of benzene rings is 1. The number of methoxy groups -OCH3 is 1. The average molecular weight is 328 g/mol. The molecule has 1 unspecified atom stereocenters. The second kappa shape index (κ2) is 8.26. The number of hydrogen-bond donors (Lipinski definition) is 2. The van der Waals surface area contributed by atoms with Crippen molar-refractivity contribution in [3.05, 3.63) is 30.3 Å². The maximum atomic E-state index is 12.3. The molecule has 0 fully saturated rings. The summed E-state index contributed by atoms with van der Waals surface area (Å²) >= 11 is 0. The molecular formula is C15H24N2O4S. The van der Waals surface area contributed by atoms with E-state index in [1.807, 2.05) is 0 Å². The quantitative estimate of drug-likeness (QED) is 0.749. The van der Waals surface area contributed by atoms with Gasteiger partial charge in [-0.25, -0.2) is 8.42 Å². The predicted octanol–water partition coefficient (Wildman–Crippen LogP) is 1.14. The largest absolute Gasteiger partial charge is 0.383 e. The summed E-state index contributed by atoms with van der Waals surface area (Å²) in [5.74, 6) is -0.549. The smallest absolute Gasteiger partial charge is 0.241 e. The van der Waals surface area contributed by atoms with Crippen molar-refractivity contribution in [2.75, 3.05) is 13.7 Å². The van der Waals surface area contributed by atoms with Crippen molar-refractivity contribution in [1.82, 2.24) is 10.0 Å². The normalized spacial score (nSPS) is 14.6. The van der Waals surface area contributed by atoms with E-state index in [4.69, 9.17) is 4.74 Å². The van der Waals surface area contributed by atoms with Crippen molar-refractivity contribution in [2.45, 2.75) is 37.8 Å². The Kier molecular flexibility index (Phi) is 6.99.